The van der Waals surface area contributed by atoms with E-state index in [1.54, 1.807) is 4.68 Å². The smallest absolute Gasteiger partial charge is 0.255 e. The van der Waals surface area contributed by atoms with Crippen molar-refractivity contribution in [3.05, 3.63) is 64.4 Å². The van der Waals surface area contributed by atoms with Crippen LogP contribution >= 0.6 is 27.7 Å². The van der Waals surface area contributed by atoms with E-state index in [1.807, 2.05) is 55.6 Å². The molecule has 1 heterocycles. The zero-order chi connectivity index (χ0) is 17.8. The molecule has 128 valence electrons. The minimum atomic E-state index is -0.130. The number of carbonyl (C=O) groups is 1. The summed E-state index contributed by atoms with van der Waals surface area (Å²) in [6.07, 6.45) is 0.953. The third-order valence-corrected chi connectivity index (χ3v) is 5.11. The molecular formula is C18H17BrN4OS. The van der Waals surface area contributed by atoms with E-state index in [1.165, 1.54) is 17.3 Å². The Morgan fingerprint density at radius 2 is 1.92 bits per heavy atom. The first kappa shape index (κ1) is 17.7. The summed E-state index contributed by atoms with van der Waals surface area (Å²) in [4.78, 5) is 17.8. The predicted molar refractivity (Wildman–Crippen MR) is 103 cm³/mol. The van der Waals surface area contributed by atoms with Crippen LogP contribution in [-0.4, -0.2) is 20.7 Å². The first-order valence-electron chi connectivity index (χ1n) is 7.80. The molecule has 0 saturated carbocycles. The lowest BCUT2D eigenvalue weighted by molar-refractivity contribution is 0.102. The molecule has 0 aliphatic heterocycles. The number of amides is 1. The van der Waals surface area contributed by atoms with E-state index >= 15 is 0 Å². The van der Waals surface area contributed by atoms with Gasteiger partial charge in [0.05, 0.1) is 5.69 Å². The summed E-state index contributed by atoms with van der Waals surface area (Å²) in [5, 5.41) is 7.89. The van der Waals surface area contributed by atoms with Gasteiger partial charge in [-0.2, -0.15) is 4.98 Å². The second-order valence-electron chi connectivity index (χ2n) is 5.39. The van der Waals surface area contributed by atoms with Gasteiger partial charge in [0.2, 0.25) is 4.73 Å². The standard InChI is InChI=1S/C18H17BrN4OS/c1-3-12-8-10-13(11-9-12)16(24)20-14-6-4-5-7-15(14)25-18-21-17(19)22-23(18)2/h4-11H,3H2,1-2H3,(H,20,24). The molecule has 3 rings (SSSR count). The molecule has 0 atom stereocenters. The Labute approximate surface area is 159 Å². The van der Waals surface area contributed by atoms with Crippen LogP contribution in [0.5, 0.6) is 0 Å². The third-order valence-electron chi connectivity index (χ3n) is 3.66. The fourth-order valence-electron chi connectivity index (χ4n) is 2.27. The zero-order valence-corrected chi connectivity index (χ0v) is 16.3. The minimum Gasteiger partial charge on any atom is -0.321 e. The molecule has 25 heavy (non-hydrogen) atoms. The van der Waals surface area contributed by atoms with Gasteiger partial charge in [-0.1, -0.05) is 31.2 Å². The summed E-state index contributed by atoms with van der Waals surface area (Å²) < 4.78 is 2.23. The number of benzene rings is 2. The Bertz CT molecular complexity index is 892. The largest absolute Gasteiger partial charge is 0.321 e. The van der Waals surface area contributed by atoms with E-state index in [2.05, 4.69) is 38.3 Å². The zero-order valence-electron chi connectivity index (χ0n) is 13.9. The van der Waals surface area contributed by atoms with E-state index in [-0.39, 0.29) is 5.91 Å². The van der Waals surface area contributed by atoms with E-state index in [9.17, 15) is 4.79 Å². The summed E-state index contributed by atoms with van der Waals surface area (Å²) in [5.74, 6) is -0.130. The summed E-state index contributed by atoms with van der Waals surface area (Å²) in [5.41, 5.74) is 2.59. The van der Waals surface area contributed by atoms with Gasteiger partial charge in [-0.15, -0.1) is 5.10 Å². The van der Waals surface area contributed by atoms with Gasteiger partial charge in [0.25, 0.3) is 5.91 Å². The number of aryl methyl sites for hydroxylation is 2. The number of hydrogen-bond donors (Lipinski definition) is 1. The average Bonchev–Trinajstić information content (AvgIpc) is 2.94. The summed E-state index contributed by atoms with van der Waals surface area (Å²) in [6, 6.07) is 15.3. The van der Waals surface area contributed by atoms with Crippen LogP contribution in [0.15, 0.2) is 63.3 Å². The van der Waals surface area contributed by atoms with Crippen molar-refractivity contribution in [3.63, 3.8) is 0 Å². The van der Waals surface area contributed by atoms with Crippen LogP contribution < -0.4 is 5.32 Å². The lowest BCUT2D eigenvalue weighted by Gasteiger charge is -2.10. The molecule has 0 spiro atoms. The number of carbonyl (C=O) groups excluding carboxylic acids is 1. The summed E-state index contributed by atoms with van der Waals surface area (Å²) >= 11 is 4.72. The Kier molecular flexibility index (Phi) is 5.55. The van der Waals surface area contributed by atoms with Crippen LogP contribution in [0, 0.1) is 0 Å². The van der Waals surface area contributed by atoms with E-state index in [0.29, 0.717) is 10.3 Å². The molecule has 2 aromatic carbocycles. The molecule has 0 radical (unpaired) electrons. The molecule has 0 saturated heterocycles. The maximum absolute atomic E-state index is 12.5. The normalized spacial score (nSPS) is 10.7. The molecule has 0 unspecified atom stereocenters. The molecule has 1 aromatic heterocycles. The van der Waals surface area contributed by atoms with Crippen molar-refractivity contribution >= 4 is 39.3 Å². The Morgan fingerprint density at radius 1 is 1.20 bits per heavy atom. The van der Waals surface area contributed by atoms with E-state index in [4.69, 9.17) is 0 Å². The number of halogens is 1. The van der Waals surface area contributed by atoms with Crippen molar-refractivity contribution in [3.8, 4) is 0 Å². The highest BCUT2D eigenvalue weighted by atomic mass is 79.9. The van der Waals surface area contributed by atoms with Crippen LogP contribution in [0.25, 0.3) is 0 Å². The molecule has 0 aliphatic rings. The summed E-state index contributed by atoms with van der Waals surface area (Å²) in [6.45, 7) is 2.09. The number of aromatic nitrogens is 3. The van der Waals surface area contributed by atoms with Gasteiger partial charge in [0.1, 0.15) is 0 Å². The van der Waals surface area contributed by atoms with Crippen molar-refractivity contribution < 1.29 is 4.79 Å². The number of hydrogen-bond acceptors (Lipinski definition) is 4. The monoisotopic (exact) mass is 416 g/mol. The molecule has 0 bridgehead atoms. The number of rotatable bonds is 5. The molecule has 3 aromatic rings. The molecule has 7 heteroatoms. The first-order valence-corrected chi connectivity index (χ1v) is 9.41. The molecular weight excluding hydrogens is 400 g/mol. The van der Waals surface area contributed by atoms with Crippen LogP contribution in [0.3, 0.4) is 0 Å². The Balaban J connectivity index is 1.80. The van der Waals surface area contributed by atoms with Crippen LogP contribution in [0.1, 0.15) is 22.8 Å². The molecule has 1 N–H and O–H groups in total. The second kappa shape index (κ2) is 7.84. The highest BCUT2D eigenvalue weighted by molar-refractivity contribution is 9.10. The average molecular weight is 417 g/mol. The number of para-hydroxylation sites is 1. The number of nitrogens with one attached hydrogen (secondary N) is 1. The number of anilines is 1. The molecule has 0 fully saturated rings. The fourth-order valence-corrected chi connectivity index (χ4v) is 3.67. The molecule has 0 aliphatic carbocycles. The quantitative estimate of drug-likeness (QED) is 0.662. The van der Waals surface area contributed by atoms with Gasteiger partial charge >= 0.3 is 0 Å². The van der Waals surface area contributed by atoms with Crippen LogP contribution in [0.2, 0.25) is 0 Å². The van der Waals surface area contributed by atoms with E-state index < -0.39 is 0 Å². The molecule has 1 amide bonds. The first-order chi connectivity index (χ1) is 12.1. The Morgan fingerprint density at radius 3 is 2.56 bits per heavy atom. The third kappa shape index (κ3) is 4.29. The maximum Gasteiger partial charge on any atom is 0.255 e. The lowest BCUT2D eigenvalue weighted by atomic mass is 10.1. The summed E-state index contributed by atoms with van der Waals surface area (Å²) in [7, 11) is 1.83. The maximum atomic E-state index is 12.5. The number of nitrogens with zero attached hydrogens (tertiary/aromatic N) is 3. The Hall–Kier alpha value is -2.12. The van der Waals surface area contributed by atoms with Crippen LogP contribution in [-0.2, 0) is 13.5 Å². The predicted octanol–water partition coefficient (Wildman–Crippen LogP) is 4.54. The lowest BCUT2D eigenvalue weighted by Crippen LogP contribution is -2.12. The van der Waals surface area contributed by atoms with Gasteiger partial charge in [0, 0.05) is 17.5 Å². The second-order valence-corrected chi connectivity index (χ2v) is 7.11. The minimum absolute atomic E-state index is 0.130. The van der Waals surface area contributed by atoms with Gasteiger partial charge in [0.15, 0.2) is 5.16 Å². The van der Waals surface area contributed by atoms with Crippen molar-refractivity contribution in [1.82, 2.24) is 14.8 Å². The van der Waals surface area contributed by atoms with Gasteiger partial charge in [-0.3, -0.25) is 4.79 Å². The highest BCUT2D eigenvalue weighted by Crippen LogP contribution is 2.32. The highest BCUT2D eigenvalue weighted by Gasteiger charge is 2.13. The van der Waals surface area contributed by atoms with Crippen molar-refractivity contribution in [2.45, 2.75) is 23.4 Å². The SMILES string of the molecule is CCc1ccc(C(=O)Nc2ccccc2Sc2nc(Br)nn2C)cc1. The van der Waals surface area contributed by atoms with Crippen LogP contribution in [0.4, 0.5) is 5.69 Å². The van der Waals surface area contributed by atoms with Gasteiger partial charge in [-0.25, -0.2) is 4.68 Å². The van der Waals surface area contributed by atoms with E-state index in [0.717, 1.165) is 22.2 Å². The van der Waals surface area contributed by atoms with Crippen molar-refractivity contribution in [1.29, 1.82) is 0 Å². The fraction of sp³-hybridized carbons (Fsp3) is 0.167. The molecule has 5 nitrogen and oxygen atoms in total. The van der Waals surface area contributed by atoms with Gasteiger partial charge < -0.3 is 5.32 Å². The van der Waals surface area contributed by atoms with Crippen molar-refractivity contribution in [2.75, 3.05) is 5.32 Å². The van der Waals surface area contributed by atoms with Crippen molar-refractivity contribution in [2.24, 2.45) is 7.05 Å². The topological polar surface area (TPSA) is 59.8 Å². The van der Waals surface area contributed by atoms with Gasteiger partial charge in [-0.05, 0) is 63.9 Å².